The lowest BCUT2D eigenvalue weighted by Gasteiger charge is -2.40. The molecule has 160 valence electrons. The number of imidazole rings is 1. The van der Waals surface area contributed by atoms with Crippen LogP contribution in [0.25, 0.3) is 11.0 Å². The van der Waals surface area contributed by atoms with Crippen molar-refractivity contribution in [3.8, 4) is 0 Å². The summed E-state index contributed by atoms with van der Waals surface area (Å²) in [5.74, 6) is 0.503. The fourth-order valence-corrected chi connectivity index (χ4v) is 5.43. The number of nitrogens with zero attached hydrogens (tertiary/aromatic N) is 3. The lowest BCUT2D eigenvalue weighted by atomic mass is 9.71. The summed E-state index contributed by atoms with van der Waals surface area (Å²) >= 11 is 0. The van der Waals surface area contributed by atoms with Gasteiger partial charge >= 0.3 is 5.69 Å². The van der Waals surface area contributed by atoms with E-state index in [0.29, 0.717) is 18.3 Å². The third-order valence-electron chi connectivity index (χ3n) is 7.06. The summed E-state index contributed by atoms with van der Waals surface area (Å²) in [6.07, 6.45) is 2.90. The molecular weight excluding hydrogens is 382 g/mol. The fourth-order valence-electron chi connectivity index (χ4n) is 5.43. The van der Waals surface area contributed by atoms with E-state index in [1.807, 2.05) is 12.1 Å². The minimum atomic E-state index is -0.629. The van der Waals surface area contributed by atoms with Gasteiger partial charge in [0.15, 0.2) is 0 Å². The van der Waals surface area contributed by atoms with E-state index in [0.717, 1.165) is 56.6 Å². The van der Waals surface area contributed by atoms with Crippen molar-refractivity contribution < 1.29 is 9.59 Å². The molecule has 2 aliphatic heterocycles. The zero-order valence-electron chi connectivity index (χ0n) is 17.4. The van der Waals surface area contributed by atoms with E-state index in [2.05, 4.69) is 21.6 Å². The third kappa shape index (κ3) is 3.28. The van der Waals surface area contributed by atoms with E-state index in [1.54, 1.807) is 16.2 Å². The molecule has 3 aliphatic rings. The number of carbonyl (C=O) groups is 2. The Labute approximate surface area is 175 Å². The lowest BCUT2D eigenvalue weighted by molar-refractivity contribution is -0.135. The van der Waals surface area contributed by atoms with Crippen molar-refractivity contribution >= 4 is 22.8 Å². The van der Waals surface area contributed by atoms with E-state index in [4.69, 9.17) is 0 Å². The van der Waals surface area contributed by atoms with Gasteiger partial charge in [-0.15, -0.1) is 0 Å². The molecule has 1 aromatic carbocycles. The van der Waals surface area contributed by atoms with Crippen LogP contribution < -0.4 is 16.3 Å². The maximum atomic E-state index is 13.1. The zero-order valence-corrected chi connectivity index (χ0v) is 17.4. The summed E-state index contributed by atoms with van der Waals surface area (Å²) in [7, 11) is 1.79. The van der Waals surface area contributed by atoms with Crippen LogP contribution >= 0.6 is 0 Å². The number of carbonyl (C=O) groups excluding carboxylic acids is 2. The number of nitrogens with one attached hydrogen (secondary N) is 2. The van der Waals surface area contributed by atoms with Crippen molar-refractivity contribution in [3.05, 3.63) is 34.2 Å². The highest BCUT2D eigenvalue weighted by atomic mass is 16.2. The average Bonchev–Trinajstić information content (AvgIpc) is 2.96. The Hall–Kier alpha value is -2.45. The molecule has 8 nitrogen and oxygen atoms in total. The van der Waals surface area contributed by atoms with Gasteiger partial charge in [-0.05, 0) is 42.7 Å². The first-order valence-corrected chi connectivity index (χ1v) is 11.0. The van der Waals surface area contributed by atoms with Gasteiger partial charge in [-0.25, -0.2) is 4.79 Å². The predicted molar refractivity (Wildman–Crippen MR) is 113 cm³/mol. The number of hydrogen-bond donors (Lipinski definition) is 2. The second kappa shape index (κ2) is 7.67. The zero-order chi connectivity index (χ0) is 20.8. The van der Waals surface area contributed by atoms with Gasteiger partial charge in [0, 0.05) is 46.2 Å². The van der Waals surface area contributed by atoms with Gasteiger partial charge in [0.05, 0.1) is 11.0 Å². The molecule has 0 bridgehead atoms. The maximum absolute atomic E-state index is 13.1. The Morgan fingerprint density at radius 2 is 1.87 bits per heavy atom. The van der Waals surface area contributed by atoms with Crippen molar-refractivity contribution in [3.63, 3.8) is 0 Å². The number of hydrogen-bond acceptors (Lipinski definition) is 5. The molecule has 2 saturated heterocycles. The second-order valence-electron chi connectivity index (χ2n) is 8.98. The minimum Gasteiger partial charge on any atom is -0.314 e. The van der Waals surface area contributed by atoms with Crippen molar-refractivity contribution in [2.45, 2.75) is 37.6 Å². The third-order valence-corrected chi connectivity index (χ3v) is 7.06. The first kappa shape index (κ1) is 19.5. The van der Waals surface area contributed by atoms with Crippen molar-refractivity contribution in [1.82, 2.24) is 24.7 Å². The van der Waals surface area contributed by atoms with Gasteiger partial charge in [0.1, 0.15) is 6.04 Å². The highest BCUT2D eigenvalue weighted by molar-refractivity contribution is 6.00. The van der Waals surface area contributed by atoms with Crippen LogP contribution in [0.1, 0.15) is 43.2 Å². The van der Waals surface area contributed by atoms with E-state index >= 15 is 0 Å². The Bertz CT molecular complexity index is 1040. The van der Waals surface area contributed by atoms with Crippen LogP contribution in [0.2, 0.25) is 0 Å². The van der Waals surface area contributed by atoms with Gasteiger partial charge in [-0.3, -0.25) is 24.0 Å². The largest absolute Gasteiger partial charge is 0.329 e. The minimum absolute atomic E-state index is 0.191. The number of imide groups is 1. The molecule has 8 heteroatoms. The van der Waals surface area contributed by atoms with Crippen LogP contribution in [0.4, 0.5) is 0 Å². The van der Waals surface area contributed by atoms with Gasteiger partial charge in [0.25, 0.3) is 0 Å². The summed E-state index contributed by atoms with van der Waals surface area (Å²) < 4.78 is 3.26. The number of para-hydroxylation sites is 1. The summed E-state index contributed by atoms with van der Waals surface area (Å²) in [4.78, 5) is 39.6. The van der Waals surface area contributed by atoms with Gasteiger partial charge in [-0.2, -0.15) is 0 Å². The first-order valence-electron chi connectivity index (χ1n) is 11.0. The summed E-state index contributed by atoms with van der Waals surface area (Å²) in [6.45, 7) is 5.56. The van der Waals surface area contributed by atoms with E-state index in [1.165, 1.54) is 5.56 Å². The molecule has 3 heterocycles. The van der Waals surface area contributed by atoms with Crippen LogP contribution in [0.15, 0.2) is 23.0 Å². The van der Waals surface area contributed by atoms with Crippen LogP contribution in [-0.4, -0.2) is 58.6 Å². The van der Waals surface area contributed by atoms with Crippen molar-refractivity contribution in [1.29, 1.82) is 0 Å². The topological polar surface area (TPSA) is 88.4 Å². The number of amides is 2. The maximum Gasteiger partial charge on any atom is 0.329 e. The van der Waals surface area contributed by atoms with Crippen LogP contribution in [0.5, 0.6) is 0 Å². The molecule has 1 saturated carbocycles. The van der Waals surface area contributed by atoms with E-state index in [9.17, 15) is 14.4 Å². The molecule has 1 aromatic heterocycles. The van der Waals surface area contributed by atoms with Crippen LogP contribution in [-0.2, 0) is 16.6 Å². The molecular formula is C22H29N5O3. The molecule has 5 rings (SSSR count). The number of rotatable bonds is 4. The number of benzene rings is 1. The van der Waals surface area contributed by atoms with Crippen molar-refractivity contribution in [2.75, 3.05) is 32.7 Å². The van der Waals surface area contributed by atoms with Gasteiger partial charge < -0.3 is 10.2 Å². The van der Waals surface area contributed by atoms with Gasteiger partial charge in [-0.1, -0.05) is 12.1 Å². The molecule has 2 aromatic rings. The molecule has 30 heavy (non-hydrogen) atoms. The second-order valence-corrected chi connectivity index (χ2v) is 8.98. The number of aromatic nitrogens is 2. The Balaban J connectivity index is 1.40. The monoisotopic (exact) mass is 411 g/mol. The Kier molecular flexibility index (Phi) is 4.99. The Morgan fingerprint density at radius 3 is 2.60 bits per heavy atom. The summed E-state index contributed by atoms with van der Waals surface area (Å²) in [6, 6.07) is 5.41. The highest BCUT2D eigenvalue weighted by Crippen LogP contribution is 2.44. The summed E-state index contributed by atoms with van der Waals surface area (Å²) in [5.41, 5.74) is 2.73. The quantitative estimate of drug-likeness (QED) is 0.724. The SMILES string of the molecule is Cn1c(=O)n(C2CCC(=O)NC2=O)c2cccc(C3CC(CN4CCNCC4)C3)c21. The normalized spacial score (nSPS) is 27.8. The fraction of sp³-hybridized carbons (Fsp3) is 0.591. The number of aryl methyl sites for hydroxylation is 1. The molecule has 1 aliphatic carbocycles. The number of piperazine rings is 1. The Morgan fingerprint density at radius 1 is 1.10 bits per heavy atom. The molecule has 1 unspecified atom stereocenters. The van der Waals surface area contributed by atoms with Crippen LogP contribution in [0.3, 0.4) is 0 Å². The van der Waals surface area contributed by atoms with Gasteiger partial charge in [0.2, 0.25) is 11.8 Å². The number of piperidine rings is 1. The highest BCUT2D eigenvalue weighted by Gasteiger charge is 2.35. The standard InChI is InChI=1S/C22H29N5O3/c1-25-20-16(15-11-14(12-15)13-26-9-7-23-8-10-26)3-2-4-17(20)27(22(25)30)18-5-6-19(28)24-21(18)29/h2-4,14-15,18,23H,5-13H2,1H3,(H,24,28,29). The molecule has 2 amide bonds. The lowest BCUT2D eigenvalue weighted by Crippen LogP contribution is -2.46. The van der Waals surface area contributed by atoms with Crippen LogP contribution in [0, 0.1) is 5.92 Å². The first-order chi connectivity index (χ1) is 14.5. The number of fused-ring (bicyclic) bond motifs is 1. The molecule has 1 atom stereocenters. The molecule has 0 radical (unpaired) electrons. The molecule has 0 spiro atoms. The summed E-state index contributed by atoms with van der Waals surface area (Å²) in [5, 5.41) is 5.78. The molecule has 3 fully saturated rings. The average molecular weight is 412 g/mol. The van der Waals surface area contributed by atoms with Crippen molar-refractivity contribution in [2.24, 2.45) is 13.0 Å². The smallest absolute Gasteiger partial charge is 0.314 e. The van der Waals surface area contributed by atoms with E-state index < -0.39 is 6.04 Å². The van der Waals surface area contributed by atoms with E-state index in [-0.39, 0.29) is 23.9 Å². The molecule has 2 N–H and O–H groups in total. The predicted octanol–water partition coefficient (Wildman–Crippen LogP) is 0.717.